The Morgan fingerprint density at radius 2 is 2.23 bits per heavy atom. The van der Waals surface area contributed by atoms with Crippen LogP contribution in [-0.4, -0.2) is 12.8 Å². The molecule has 0 bridgehead atoms. The highest BCUT2D eigenvalue weighted by Gasteiger charge is 2.08. The van der Waals surface area contributed by atoms with Crippen molar-refractivity contribution in [3.8, 4) is 0 Å². The summed E-state index contributed by atoms with van der Waals surface area (Å²) in [5.74, 6) is 0. The molecule has 0 aliphatic carbocycles. The Labute approximate surface area is 91.9 Å². The number of anilines is 1. The summed E-state index contributed by atoms with van der Waals surface area (Å²) in [6.45, 7) is 2.55. The number of carbonyl (C=O) groups excluding carboxylic acids is 1. The molecular formula is C10H12INO. The van der Waals surface area contributed by atoms with Crippen LogP contribution in [0.2, 0.25) is 0 Å². The number of nitrogens with one attached hydrogen (secondary N) is 1. The van der Waals surface area contributed by atoms with Crippen molar-refractivity contribution in [3.05, 3.63) is 27.3 Å². The first kappa shape index (κ1) is 10.5. The van der Waals surface area contributed by atoms with Crippen molar-refractivity contribution in [2.75, 3.05) is 11.9 Å². The molecule has 0 saturated heterocycles. The molecule has 1 aromatic rings. The molecule has 1 aliphatic rings. The molecule has 0 aromatic heterocycles. The van der Waals surface area contributed by atoms with Gasteiger partial charge in [0.1, 0.15) is 6.29 Å². The van der Waals surface area contributed by atoms with Gasteiger partial charge in [0.15, 0.2) is 0 Å². The lowest BCUT2D eigenvalue weighted by Crippen LogP contribution is -1.90. The summed E-state index contributed by atoms with van der Waals surface area (Å²) >= 11 is 2.33. The van der Waals surface area contributed by atoms with E-state index in [1.807, 2.05) is 0 Å². The van der Waals surface area contributed by atoms with E-state index in [2.05, 4.69) is 46.1 Å². The van der Waals surface area contributed by atoms with Gasteiger partial charge in [0, 0.05) is 15.8 Å². The number of hydrogen-bond donors (Lipinski definition) is 1. The summed E-state index contributed by atoms with van der Waals surface area (Å²) in [7, 11) is 0. The summed E-state index contributed by atoms with van der Waals surface area (Å²) in [5, 5.41) is 3.34. The first-order valence-electron chi connectivity index (χ1n) is 4.20. The summed E-state index contributed by atoms with van der Waals surface area (Å²) in [5.41, 5.74) is 2.78. The number of halogens is 1. The summed E-state index contributed by atoms with van der Waals surface area (Å²) in [6.07, 6.45) is 1.94. The topological polar surface area (TPSA) is 29.1 Å². The van der Waals surface area contributed by atoms with Crippen molar-refractivity contribution in [2.45, 2.75) is 13.3 Å². The predicted octanol–water partition coefficient (Wildman–Crippen LogP) is 2.46. The minimum atomic E-state index is 0.750. The Balaban J connectivity index is 0.000000251. The highest BCUT2D eigenvalue weighted by atomic mass is 127. The highest BCUT2D eigenvalue weighted by molar-refractivity contribution is 14.1. The molecule has 70 valence electrons. The largest absolute Gasteiger partial charge is 0.384 e. The van der Waals surface area contributed by atoms with Gasteiger partial charge >= 0.3 is 0 Å². The van der Waals surface area contributed by atoms with E-state index in [4.69, 9.17) is 4.79 Å². The van der Waals surface area contributed by atoms with E-state index in [0.717, 1.165) is 12.8 Å². The zero-order valence-corrected chi connectivity index (χ0v) is 9.67. The van der Waals surface area contributed by atoms with Crippen molar-refractivity contribution in [3.63, 3.8) is 0 Å². The van der Waals surface area contributed by atoms with Crippen LogP contribution in [0.25, 0.3) is 0 Å². The van der Waals surface area contributed by atoms with Gasteiger partial charge in [-0.1, -0.05) is 6.07 Å². The standard InChI is InChI=1S/C8H8IN.C2H4O/c9-7-2-1-6-3-4-10-8(6)5-7;1-2-3/h1-2,5,10H,3-4H2;2H,1H3. The van der Waals surface area contributed by atoms with Gasteiger partial charge in [0.2, 0.25) is 0 Å². The lowest BCUT2D eigenvalue weighted by Gasteiger charge is -1.97. The van der Waals surface area contributed by atoms with E-state index in [0.29, 0.717) is 0 Å². The second kappa shape index (κ2) is 5.21. The van der Waals surface area contributed by atoms with E-state index in [1.54, 1.807) is 0 Å². The summed E-state index contributed by atoms with van der Waals surface area (Å²) < 4.78 is 1.31. The van der Waals surface area contributed by atoms with Crippen molar-refractivity contribution in [2.24, 2.45) is 0 Å². The first-order chi connectivity index (χ1) is 6.27. The Hall–Kier alpha value is -0.580. The molecule has 1 aliphatic heterocycles. The Morgan fingerprint density at radius 1 is 1.54 bits per heavy atom. The second-order valence-corrected chi connectivity index (χ2v) is 3.96. The molecule has 1 heterocycles. The smallest absolute Gasteiger partial charge is 0.116 e. The fourth-order valence-electron chi connectivity index (χ4n) is 1.26. The number of hydrogen-bond acceptors (Lipinski definition) is 2. The normalized spacial score (nSPS) is 12.2. The van der Waals surface area contributed by atoms with Crippen LogP contribution in [0.1, 0.15) is 12.5 Å². The van der Waals surface area contributed by atoms with Crippen molar-refractivity contribution < 1.29 is 4.79 Å². The molecule has 13 heavy (non-hydrogen) atoms. The quantitative estimate of drug-likeness (QED) is 0.587. The molecule has 0 spiro atoms. The van der Waals surface area contributed by atoms with Gasteiger partial charge in [0.05, 0.1) is 0 Å². The third kappa shape index (κ3) is 2.99. The molecule has 0 unspecified atom stereocenters. The third-order valence-corrected chi connectivity index (χ3v) is 2.45. The van der Waals surface area contributed by atoms with Crippen molar-refractivity contribution >= 4 is 34.6 Å². The minimum Gasteiger partial charge on any atom is -0.384 e. The fourth-order valence-corrected chi connectivity index (χ4v) is 1.75. The van der Waals surface area contributed by atoms with Crippen LogP contribution in [-0.2, 0) is 11.2 Å². The maximum atomic E-state index is 8.81. The number of aldehydes is 1. The lowest BCUT2D eigenvalue weighted by atomic mass is 10.2. The van der Waals surface area contributed by atoms with Gasteiger partial charge in [-0.25, -0.2) is 0 Å². The maximum Gasteiger partial charge on any atom is 0.116 e. The number of carbonyl (C=O) groups is 1. The highest BCUT2D eigenvalue weighted by Crippen LogP contribution is 2.23. The molecule has 0 radical (unpaired) electrons. The summed E-state index contributed by atoms with van der Waals surface area (Å²) in [6, 6.07) is 6.56. The Bertz CT molecular complexity index is 299. The molecule has 2 nitrogen and oxygen atoms in total. The van der Waals surface area contributed by atoms with Crippen LogP contribution in [0.5, 0.6) is 0 Å². The first-order valence-corrected chi connectivity index (χ1v) is 5.28. The zero-order valence-electron chi connectivity index (χ0n) is 7.51. The van der Waals surface area contributed by atoms with Crippen molar-refractivity contribution in [1.82, 2.24) is 0 Å². The molecular weight excluding hydrogens is 277 g/mol. The number of rotatable bonds is 0. The minimum absolute atomic E-state index is 0.750. The van der Waals surface area contributed by atoms with Crippen LogP contribution in [0.3, 0.4) is 0 Å². The fraction of sp³-hybridized carbons (Fsp3) is 0.300. The SMILES string of the molecule is CC=O.Ic1ccc2c(c1)NCC2. The van der Waals surface area contributed by atoms with Crippen LogP contribution < -0.4 is 5.32 Å². The predicted molar refractivity (Wildman–Crippen MR) is 63.1 cm³/mol. The van der Waals surface area contributed by atoms with Gasteiger partial charge < -0.3 is 10.1 Å². The van der Waals surface area contributed by atoms with E-state index in [-0.39, 0.29) is 0 Å². The van der Waals surface area contributed by atoms with Gasteiger partial charge in [-0.15, -0.1) is 0 Å². The van der Waals surface area contributed by atoms with Crippen LogP contribution in [0.15, 0.2) is 18.2 Å². The Kier molecular flexibility index (Phi) is 4.21. The average Bonchev–Trinajstić information content (AvgIpc) is 2.52. The van der Waals surface area contributed by atoms with E-state index >= 15 is 0 Å². The van der Waals surface area contributed by atoms with E-state index in [1.165, 1.54) is 28.2 Å². The van der Waals surface area contributed by atoms with E-state index in [9.17, 15) is 0 Å². The monoisotopic (exact) mass is 289 g/mol. The van der Waals surface area contributed by atoms with Gasteiger partial charge in [-0.2, -0.15) is 0 Å². The number of fused-ring (bicyclic) bond motifs is 1. The lowest BCUT2D eigenvalue weighted by molar-refractivity contribution is -0.106. The molecule has 0 saturated carbocycles. The van der Waals surface area contributed by atoms with Crippen LogP contribution in [0.4, 0.5) is 5.69 Å². The van der Waals surface area contributed by atoms with E-state index < -0.39 is 0 Å². The molecule has 2 rings (SSSR count). The summed E-state index contributed by atoms with van der Waals surface area (Å²) in [4.78, 5) is 8.81. The number of benzene rings is 1. The molecule has 3 heteroatoms. The molecule has 1 aromatic carbocycles. The third-order valence-electron chi connectivity index (χ3n) is 1.78. The van der Waals surface area contributed by atoms with Gasteiger partial charge in [-0.3, -0.25) is 0 Å². The molecule has 0 amide bonds. The van der Waals surface area contributed by atoms with Crippen LogP contribution in [0, 0.1) is 3.57 Å². The van der Waals surface area contributed by atoms with Crippen LogP contribution >= 0.6 is 22.6 Å². The van der Waals surface area contributed by atoms with Crippen molar-refractivity contribution in [1.29, 1.82) is 0 Å². The Morgan fingerprint density at radius 3 is 2.92 bits per heavy atom. The molecule has 1 N–H and O–H groups in total. The average molecular weight is 289 g/mol. The zero-order chi connectivity index (χ0) is 9.68. The maximum absolute atomic E-state index is 8.81. The molecule has 0 atom stereocenters. The van der Waals surface area contributed by atoms with Gasteiger partial charge in [-0.05, 0) is 53.6 Å². The molecule has 0 fully saturated rings. The second-order valence-electron chi connectivity index (χ2n) is 2.71. The van der Waals surface area contributed by atoms with Gasteiger partial charge in [0.25, 0.3) is 0 Å².